The van der Waals surface area contributed by atoms with E-state index < -0.39 is 5.97 Å². The maximum absolute atomic E-state index is 11.1. The molecule has 1 rings (SSSR count). The van der Waals surface area contributed by atoms with Gasteiger partial charge in [0.05, 0.1) is 20.3 Å². The maximum atomic E-state index is 11.1. The Balaban J connectivity index is 2.12. The molecule has 5 nitrogen and oxygen atoms in total. The molecule has 18 heavy (non-hydrogen) atoms. The van der Waals surface area contributed by atoms with Gasteiger partial charge in [0.1, 0.15) is 5.76 Å². The molecule has 0 spiro atoms. The van der Waals surface area contributed by atoms with E-state index in [0.29, 0.717) is 18.9 Å². The summed E-state index contributed by atoms with van der Waals surface area (Å²) in [5.74, 6) is 0.488. The summed E-state index contributed by atoms with van der Waals surface area (Å²) < 4.78 is 15.3. The highest BCUT2D eigenvalue weighted by Gasteiger charge is 2.10. The predicted molar refractivity (Wildman–Crippen MR) is 67.5 cm³/mol. The van der Waals surface area contributed by atoms with E-state index in [9.17, 15) is 4.79 Å². The van der Waals surface area contributed by atoms with E-state index in [1.165, 1.54) is 7.11 Å². The van der Waals surface area contributed by atoms with Crippen LogP contribution in [0, 0.1) is 0 Å². The summed E-state index contributed by atoms with van der Waals surface area (Å²) >= 11 is 0. The topological polar surface area (TPSA) is 60.7 Å². The zero-order valence-corrected chi connectivity index (χ0v) is 11.0. The van der Waals surface area contributed by atoms with Crippen molar-refractivity contribution in [1.29, 1.82) is 0 Å². The van der Waals surface area contributed by atoms with Crippen LogP contribution in [0.4, 0.5) is 0 Å². The SMILES string of the molecule is CCCCOCCNCc1ccc(C(=O)OC)o1. The van der Waals surface area contributed by atoms with Gasteiger partial charge in [-0.3, -0.25) is 0 Å². The number of hydrogen-bond donors (Lipinski definition) is 1. The van der Waals surface area contributed by atoms with Gasteiger partial charge in [0.15, 0.2) is 0 Å². The smallest absolute Gasteiger partial charge is 0.373 e. The Morgan fingerprint density at radius 2 is 2.22 bits per heavy atom. The number of ether oxygens (including phenoxy) is 2. The highest BCUT2D eigenvalue weighted by atomic mass is 16.5. The van der Waals surface area contributed by atoms with Crippen LogP contribution in [0.2, 0.25) is 0 Å². The second kappa shape index (κ2) is 8.72. The van der Waals surface area contributed by atoms with Crippen LogP contribution >= 0.6 is 0 Å². The molecule has 1 heterocycles. The van der Waals surface area contributed by atoms with Gasteiger partial charge >= 0.3 is 5.97 Å². The third-order valence-corrected chi connectivity index (χ3v) is 2.41. The Morgan fingerprint density at radius 1 is 1.39 bits per heavy atom. The molecule has 0 atom stereocenters. The molecule has 0 aliphatic carbocycles. The molecule has 1 aromatic heterocycles. The number of rotatable bonds is 9. The molecule has 102 valence electrons. The zero-order valence-electron chi connectivity index (χ0n) is 11.0. The van der Waals surface area contributed by atoms with Crippen molar-refractivity contribution in [2.45, 2.75) is 26.3 Å². The van der Waals surface area contributed by atoms with Crippen LogP contribution in [0.5, 0.6) is 0 Å². The van der Waals surface area contributed by atoms with Crippen LogP contribution < -0.4 is 5.32 Å². The number of esters is 1. The number of nitrogens with one attached hydrogen (secondary N) is 1. The van der Waals surface area contributed by atoms with Gasteiger partial charge < -0.3 is 19.2 Å². The fourth-order valence-corrected chi connectivity index (χ4v) is 1.39. The van der Waals surface area contributed by atoms with Crippen molar-refractivity contribution in [3.05, 3.63) is 23.7 Å². The highest BCUT2D eigenvalue weighted by Crippen LogP contribution is 2.08. The van der Waals surface area contributed by atoms with E-state index in [2.05, 4.69) is 17.0 Å². The first-order chi connectivity index (χ1) is 8.77. The molecule has 0 aromatic carbocycles. The number of methoxy groups -OCH3 is 1. The third-order valence-electron chi connectivity index (χ3n) is 2.41. The van der Waals surface area contributed by atoms with Gasteiger partial charge in [-0.2, -0.15) is 0 Å². The van der Waals surface area contributed by atoms with Gasteiger partial charge in [-0.05, 0) is 18.6 Å². The minimum absolute atomic E-state index is 0.230. The Hall–Kier alpha value is -1.33. The quantitative estimate of drug-likeness (QED) is 0.540. The van der Waals surface area contributed by atoms with Gasteiger partial charge in [-0.25, -0.2) is 4.79 Å². The largest absolute Gasteiger partial charge is 0.463 e. The van der Waals surface area contributed by atoms with Crippen LogP contribution in [0.15, 0.2) is 16.5 Å². The molecule has 0 aliphatic rings. The number of carbonyl (C=O) groups excluding carboxylic acids is 1. The average molecular weight is 255 g/mol. The highest BCUT2D eigenvalue weighted by molar-refractivity contribution is 5.86. The molecule has 1 N–H and O–H groups in total. The Labute approximate surface area is 107 Å². The normalized spacial score (nSPS) is 10.6. The predicted octanol–water partition coefficient (Wildman–Crippen LogP) is 1.97. The number of hydrogen-bond acceptors (Lipinski definition) is 5. The van der Waals surface area contributed by atoms with E-state index >= 15 is 0 Å². The van der Waals surface area contributed by atoms with Gasteiger partial charge in [0.25, 0.3) is 0 Å². The van der Waals surface area contributed by atoms with Crippen molar-refractivity contribution >= 4 is 5.97 Å². The molecule has 0 amide bonds. The van der Waals surface area contributed by atoms with Crippen LogP contribution in [0.25, 0.3) is 0 Å². The zero-order chi connectivity index (χ0) is 13.2. The summed E-state index contributed by atoms with van der Waals surface area (Å²) in [5, 5.41) is 3.18. The first-order valence-electron chi connectivity index (χ1n) is 6.23. The lowest BCUT2D eigenvalue weighted by Gasteiger charge is -2.04. The molecule has 5 heteroatoms. The maximum Gasteiger partial charge on any atom is 0.373 e. The standard InChI is InChI=1S/C13H21NO4/c1-3-4-8-17-9-7-14-10-11-5-6-12(18-11)13(15)16-2/h5-6,14H,3-4,7-10H2,1-2H3. The first kappa shape index (κ1) is 14.7. The van der Waals surface area contributed by atoms with E-state index in [1.54, 1.807) is 12.1 Å². The monoisotopic (exact) mass is 255 g/mol. The Bertz CT molecular complexity index is 349. The molecule has 0 aliphatic heterocycles. The molecule has 0 bridgehead atoms. The fraction of sp³-hybridized carbons (Fsp3) is 0.615. The summed E-state index contributed by atoms with van der Waals surface area (Å²) in [6, 6.07) is 3.37. The minimum Gasteiger partial charge on any atom is -0.463 e. The summed E-state index contributed by atoms with van der Waals surface area (Å²) in [7, 11) is 1.33. The van der Waals surface area contributed by atoms with Crippen LogP contribution in [0.1, 0.15) is 36.1 Å². The van der Waals surface area contributed by atoms with Crippen molar-refractivity contribution in [1.82, 2.24) is 5.32 Å². The number of furan rings is 1. The van der Waals surface area contributed by atoms with E-state index in [-0.39, 0.29) is 5.76 Å². The minimum atomic E-state index is -0.454. The molecule has 0 saturated carbocycles. The van der Waals surface area contributed by atoms with E-state index in [4.69, 9.17) is 9.15 Å². The lowest BCUT2D eigenvalue weighted by molar-refractivity contribution is 0.0562. The van der Waals surface area contributed by atoms with Crippen molar-refractivity contribution in [3.63, 3.8) is 0 Å². The molecule has 1 aromatic rings. The second-order valence-electron chi connectivity index (χ2n) is 3.90. The summed E-state index contributed by atoms with van der Waals surface area (Å²) in [4.78, 5) is 11.1. The molecule has 0 radical (unpaired) electrons. The van der Waals surface area contributed by atoms with Crippen LogP contribution in [-0.4, -0.2) is 32.8 Å². The molecular formula is C13H21NO4. The Kier molecular flexibility index (Phi) is 7.13. The summed E-state index contributed by atoms with van der Waals surface area (Å²) in [6.07, 6.45) is 2.25. The lowest BCUT2D eigenvalue weighted by Crippen LogP contribution is -2.19. The van der Waals surface area contributed by atoms with E-state index in [1.807, 2.05) is 0 Å². The molecule has 0 saturated heterocycles. The Morgan fingerprint density at radius 3 is 2.94 bits per heavy atom. The van der Waals surface area contributed by atoms with Gasteiger partial charge in [0.2, 0.25) is 5.76 Å². The third kappa shape index (κ3) is 5.33. The molecular weight excluding hydrogens is 234 g/mol. The number of carbonyl (C=O) groups is 1. The van der Waals surface area contributed by atoms with Crippen molar-refractivity contribution in [2.24, 2.45) is 0 Å². The lowest BCUT2D eigenvalue weighted by atomic mass is 10.4. The van der Waals surface area contributed by atoms with Crippen molar-refractivity contribution in [2.75, 3.05) is 26.9 Å². The average Bonchev–Trinajstić information content (AvgIpc) is 2.85. The molecule has 0 fully saturated rings. The first-order valence-corrected chi connectivity index (χ1v) is 6.23. The van der Waals surface area contributed by atoms with Crippen LogP contribution in [-0.2, 0) is 16.0 Å². The second-order valence-corrected chi connectivity index (χ2v) is 3.90. The molecule has 0 unspecified atom stereocenters. The summed E-state index contributed by atoms with van der Waals surface area (Å²) in [5.41, 5.74) is 0. The van der Waals surface area contributed by atoms with Gasteiger partial charge in [-0.15, -0.1) is 0 Å². The number of unbranched alkanes of at least 4 members (excludes halogenated alkanes) is 1. The van der Waals surface area contributed by atoms with Crippen molar-refractivity contribution in [3.8, 4) is 0 Å². The van der Waals surface area contributed by atoms with Gasteiger partial charge in [0, 0.05) is 13.2 Å². The van der Waals surface area contributed by atoms with Gasteiger partial charge in [-0.1, -0.05) is 13.3 Å². The van der Waals surface area contributed by atoms with Crippen molar-refractivity contribution < 1.29 is 18.7 Å². The fourth-order valence-electron chi connectivity index (χ4n) is 1.39. The van der Waals surface area contributed by atoms with Crippen LogP contribution in [0.3, 0.4) is 0 Å². The van der Waals surface area contributed by atoms with E-state index in [0.717, 1.165) is 26.0 Å². The summed E-state index contributed by atoms with van der Waals surface area (Å²) in [6.45, 7) is 4.97.